The lowest BCUT2D eigenvalue weighted by molar-refractivity contribution is 0.112. The van der Waals surface area contributed by atoms with Gasteiger partial charge in [0.2, 0.25) is 0 Å². The van der Waals surface area contributed by atoms with Crippen LogP contribution < -0.4 is 0 Å². The molecule has 0 fully saturated rings. The van der Waals surface area contributed by atoms with Gasteiger partial charge in [-0.05, 0) is 23.5 Å². The summed E-state index contributed by atoms with van der Waals surface area (Å²) in [5.74, 6) is 0. The third kappa shape index (κ3) is 2.03. The largest absolute Gasteiger partial charge is 0.298 e. The number of benzene rings is 1. The highest BCUT2D eigenvalue weighted by Crippen LogP contribution is 2.50. The molecule has 1 aromatic rings. The van der Waals surface area contributed by atoms with Crippen LogP contribution in [-0.4, -0.2) is 11.0 Å². The van der Waals surface area contributed by atoms with Crippen molar-refractivity contribution < 1.29 is 4.79 Å². The molecule has 0 radical (unpaired) electrons. The summed E-state index contributed by atoms with van der Waals surface area (Å²) in [6.45, 7) is 9.12. The molecule has 0 aromatic heterocycles. The number of thioether (sulfide) groups is 1. The Labute approximate surface area is 102 Å². The van der Waals surface area contributed by atoms with Crippen molar-refractivity contribution in [3.8, 4) is 0 Å². The molecule has 0 N–H and O–H groups in total. The number of hydrogen-bond donors (Lipinski definition) is 0. The molecular weight excluding hydrogens is 216 g/mol. The van der Waals surface area contributed by atoms with Crippen molar-refractivity contribution in [2.75, 3.05) is 0 Å². The zero-order valence-electron chi connectivity index (χ0n) is 10.3. The molecule has 0 amide bonds. The van der Waals surface area contributed by atoms with Crippen LogP contribution in [0.25, 0.3) is 0 Å². The molecule has 0 saturated heterocycles. The quantitative estimate of drug-likeness (QED) is 0.682. The van der Waals surface area contributed by atoms with Crippen molar-refractivity contribution in [1.29, 1.82) is 0 Å². The number of fused-ring (bicyclic) bond motifs is 1. The van der Waals surface area contributed by atoms with Crippen LogP contribution in [0.1, 0.15) is 50.0 Å². The van der Waals surface area contributed by atoms with Gasteiger partial charge in [-0.15, -0.1) is 11.8 Å². The van der Waals surface area contributed by atoms with Crippen LogP contribution >= 0.6 is 11.8 Å². The van der Waals surface area contributed by atoms with E-state index in [2.05, 4.69) is 33.8 Å². The topological polar surface area (TPSA) is 17.1 Å². The minimum atomic E-state index is 0.200. The number of rotatable bonds is 1. The monoisotopic (exact) mass is 234 g/mol. The van der Waals surface area contributed by atoms with Crippen molar-refractivity contribution >= 4 is 18.0 Å². The number of carbonyl (C=O) groups is 1. The molecule has 2 rings (SSSR count). The zero-order valence-corrected chi connectivity index (χ0v) is 11.1. The summed E-state index contributed by atoms with van der Waals surface area (Å²) in [5, 5.41) is 0. The summed E-state index contributed by atoms with van der Waals surface area (Å²) >= 11 is 1.89. The molecule has 0 spiro atoms. The first-order valence-electron chi connectivity index (χ1n) is 5.63. The SMILES string of the molecule is CC1(C)CC(C)(C)c2ccc(C=O)cc2S1. The van der Waals surface area contributed by atoms with Gasteiger partial charge >= 0.3 is 0 Å². The van der Waals surface area contributed by atoms with Crippen LogP contribution in [0.15, 0.2) is 23.1 Å². The Kier molecular flexibility index (Phi) is 2.66. The third-order valence-electron chi connectivity index (χ3n) is 3.12. The molecule has 86 valence electrons. The Morgan fingerprint density at radius 2 is 1.94 bits per heavy atom. The smallest absolute Gasteiger partial charge is 0.150 e. The highest BCUT2D eigenvalue weighted by molar-refractivity contribution is 8.00. The molecule has 0 saturated carbocycles. The van der Waals surface area contributed by atoms with Crippen LogP contribution in [0.3, 0.4) is 0 Å². The second-order valence-electron chi connectivity index (χ2n) is 5.80. The second-order valence-corrected chi connectivity index (χ2v) is 7.54. The number of carbonyl (C=O) groups excluding carboxylic acids is 1. The van der Waals surface area contributed by atoms with E-state index in [1.54, 1.807) is 0 Å². The lowest BCUT2D eigenvalue weighted by Gasteiger charge is -2.41. The Morgan fingerprint density at radius 3 is 2.56 bits per heavy atom. The minimum Gasteiger partial charge on any atom is -0.298 e. The van der Waals surface area contributed by atoms with E-state index in [0.717, 1.165) is 18.3 Å². The lowest BCUT2D eigenvalue weighted by atomic mass is 9.77. The van der Waals surface area contributed by atoms with E-state index < -0.39 is 0 Å². The Morgan fingerprint density at radius 1 is 1.25 bits per heavy atom. The molecule has 0 aliphatic carbocycles. The standard InChI is InChI=1S/C14H18OS/c1-13(2)9-14(3,4)16-12-7-10(8-15)5-6-11(12)13/h5-8H,9H2,1-4H3. The Hall–Kier alpha value is -0.760. The fourth-order valence-electron chi connectivity index (χ4n) is 2.75. The van der Waals surface area contributed by atoms with E-state index in [0.29, 0.717) is 0 Å². The van der Waals surface area contributed by atoms with Crippen molar-refractivity contribution in [1.82, 2.24) is 0 Å². The summed E-state index contributed by atoms with van der Waals surface area (Å²) in [4.78, 5) is 12.1. The first kappa shape index (κ1) is 11.7. The molecule has 0 atom stereocenters. The number of aldehydes is 1. The van der Waals surface area contributed by atoms with Gasteiger partial charge in [-0.3, -0.25) is 4.79 Å². The average Bonchev–Trinajstić information content (AvgIpc) is 2.13. The van der Waals surface area contributed by atoms with E-state index in [-0.39, 0.29) is 10.2 Å². The maximum atomic E-state index is 10.8. The maximum Gasteiger partial charge on any atom is 0.150 e. The van der Waals surface area contributed by atoms with Crippen LogP contribution in [0, 0.1) is 0 Å². The van der Waals surface area contributed by atoms with E-state index in [1.807, 2.05) is 23.9 Å². The molecule has 0 bridgehead atoms. The zero-order chi connectivity index (χ0) is 12.0. The van der Waals surface area contributed by atoms with Crippen LogP contribution in [-0.2, 0) is 5.41 Å². The van der Waals surface area contributed by atoms with Gasteiger partial charge in [-0.25, -0.2) is 0 Å². The molecule has 1 aliphatic heterocycles. The molecule has 0 unspecified atom stereocenters. The van der Waals surface area contributed by atoms with Gasteiger partial charge in [0.05, 0.1) is 0 Å². The van der Waals surface area contributed by atoms with Gasteiger partial charge in [0, 0.05) is 15.2 Å². The van der Waals surface area contributed by atoms with Gasteiger partial charge < -0.3 is 0 Å². The van der Waals surface area contributed by atoms with E-state index in [1.165, 1.54) is 10.5 Å². The summed E-state index contributed by atoms with van der Waals surface area (Å²) < 4.78 is 0.248. The van der Waals surface area contributed by atoms with Gasteiger partial charge in [0.15, 0.2) is 0 Å². The highest BCUT2D eigenvalue weighted by Gasteiger charge is 2.37. The van der Waals surface area contributed by atoms with E-state index >= 15 is 0 Å². The first-order chi connectivity index (χ1) is 7.34. The summed E-state index contributed by atoms with van der Waals surface area (Å²) in [6, 6.07) is 6.06. The van der Waals surface area contributed by atoms with Crippen LogP contribution in [0.4, 0.5) is 0 Å². The van der Waals surface area contributed by atoms with Gasteiger partial charge in [0.25, 0.3) is 0 Å². The van der Waals surface area contributed by atoms with Gasteiger partial charge in [0.1, 0.15) is 6.29 Å². The predicted molar refractivity (Wildman–Crippen MR) is 69.4 cm³/mol. The number of hydrogen-bond acceptors (Lipinski definition) is 2. The normalized spacial score (nSPS) is 21.2. The predicted octanol–water partition coefficient (Wildman–Crippen LogP) is 4.05. The van der Waals surface area contributed by atoms with Gasteiger partial charge in [-0.2, -0.15) is 0 Å². The Bertz CT molecular complexity index is 432. The van der Waals surface area contributed by atoms with Gasteiger partial charge in [-0.1, -0.05) is 39.8 Å². The highest BCUT2D eigenvalue weighted by atomic mass is 32.2. The van der Waals surface area contributed by atoms with Crippen LogP contribution in [0.5, 0.6) is 0 Å². The second kappa shape index (κ2) is 3.63. The molecule has 1 heterocycles. The molecule has 1 aliphatic rings. The maximum absolute atomic E-state index is 10.8. The fraction of sp³-hybridized carbons (Fsp3) is 0.500. The first-order valence-corrected chi connectivity index (χ1v) is 6.44. The molecule has 2 heteroatoms. The van der Waals surface area contributed by atoms with E-state index in [9.17, 15) is 4.79 Å². The molecule has 1 nitrogen and oxygen atoms in total. The van der Waals surface area contributed by atoms with Crippen molar-refractivity contribution in [2.24, 2.45) is 0 Å². The lowest BCUT2D eigenvalue weighted by Crippen LogP contribution is -2.33. The summed E-state index contributed by atoms with van der Waals surface area (Å²) in [6.07, 6.45) is 2.09. The fourth-order valence-corrected chi connectivity index (χ4v) is 4.43. The average molecular weight is 234 g/mol. The van der Waals surface area contributed by atoms with Crippen molar-refractivity contribution in [2.45, 2.75) is 49.2 Å². The summed E-state index contributed by atoms with van der Waals surface area (Å²) in [5.41, 5.74) is 2.35. The molecule has 16 heavy (non-hydrogen) atoms. The van der Waals surface area contributed by atoms with Crippen LogP contribution in [0.2, 0.25) is 0 Å². The molecule has 1 aromatic carbocycles. The third-order valence-corrected chi connectivity index (χ3v) is 4.38. The summed E-state index contributed by atoms with van der Waals surface area (Å²) in [7, 11) is 0. The minimum absolute atomic E-state index is 0.200. The van der Waals surface area contributed by atoms with Crippen molar-refractivity contribution in [3.05, 3.63) is 29.3 Å². The Balaban J connectivity index is 2.55. The molecular formula is C14H18OS. The van der Waals surface area contributed by atoms with Crippen molar-refractivity contribution in [3.63, 3.8) is 0 Å². The van der Waals surface area contributed by atoms with E-state index in [4.69, 9.17) is 0 Å².